The van der Waals surface area contributed by atoms with Gasteiger partial charge in [-0.2, -0.15) is 0 Å². The van der Waals surface area contributed by atoms with Crippen LogP contribution in [0.5, 0.6) is 0 Å². The molecule has 1 amide bonds. The summed E-state index contributed by atoms with van der Waals surface area (Å²) in [6.45, 7) is 0. The Bertz CT molecular complexity index is 583. The molecule has 1 N–H and O–H groups in total. The van der Waals surface area contributed by atoms with E-state index in [1.807, 2.05) is 42.5 Å². The van der Waals surface area contributed by atoms with Crippen LogP contribution in [0.4, 0.5) is 5.69 Å². The van der Waals surface area contributed by atoms with Gasteiger partial charge in [-0.1, -0.05) is 41.9 Å². The Hall–Kier alpha value is -1.84. The first-order valence-electron chi connectivity index (χ1n) is 6.01. The van der Waals surface area contributed by atoms with Gasteiger partial charge in [0.05, 0.1) is 0 Å². The fourth-order valence-electron chi connectivity index (χ4n) is 1.95. The van der Waals surface area contributed by atoms with Gasteiger partial charge in [0.15, 0.2) is 6.10 Å². The molecule has 96 valence electrons. The largest absolute Gasteiger partial charge is 0.354 e. The van der Waals surface area contributed by atoms with Crippen LogP contribution in [0.3, 0.4) is 0 Å². The summed E-state index contributed by atoms with van der Waals surface area (Å²) in [7, 11) is 0. The molecule has 3 rings (SSSR count). The maximum atomic E-state index is 12.0. The van der Waals surface area contributed by atoms with Crippen molar-refractivity contribution in [2.75, 3.05) is 5.32 Å². The molecular formula is C15H12ClNO2. The number of ether oxygens (including phenoxy) is 1. The zero-order valence-electron chi connectivity index (χ0n) is 10.0. The van der Waals surface area contributed by atoms with Crippen molar-refractivity contribution in [3.8, 4) is 0 Å². The van der Waals surface area contributed by atoms with Crippen LogP contribution in [0.1, 0.15) is 11.7 Å². The molecule has 0 saturated carbocycles. The standard InChI is InChI=1S/C15H12ClNO2/c16-11-8-6-10(7-9-11)13-14(19-13)15(18)17-12-4-2-1-3-5-12/h1-9,13-14H,(H,17,18)/t13-,14+/m0/s1. The fourth-order valence-corrected chi connectivity index (χ4v) is 2.08. The van der Waals surface area contributed by atoms with Crippen LogP contribution in [0.2, 0.25) is 5.02 Å². The number of hydrogen-bond acceptors (Lipinski definition) is 2. The van der Waals surface area contributed by atoms with Gasteiger partial charge in [-0.15, -0.1) is 0 Å². The molecule has 2 atom stereocenters. The van der Waals surface area contributed by atoms with Gasteiger partial charge in [-0.25, -0.2) is 0 Å². The van der Waals surface area contributed by atoms with Gasteiger partial charge in [-0.05, 0) is 29.8 Å². The van der Waals surface area contributed by atoms with E-state index >= 15 is 0 Å². The topological polar surface area (TPSA) is 41.6 Å². The number of halogens is 1. The smallest absolute Gasteiger partial charge is 0.256 e. The highest BCUT2D eigenvalue weighted by Crippen LogP contribution is 2.39. The number of hydrogen-bond donors (Lipinski definition) is 1. The molecule has 0 unspecified atom stereocenters. The van der Waals surface area contributed by atoms with E-state index in [4.69, 9.17) is 16.3 Å². The number of amides is 1. The second kappa shape index (κ2) is 5.03. The third kappa shape index (κ3) is 2.78. The second-order valence-corrected chi connectivity index (χ2v) is 4.82. The van der Waals surface area contributed by atoms with Crippen molar-refractivity contribution in [3.05, 3.63) is 65.2 Å². The number of carbonyl (C=O) groups is 1. The molecule has 3 nitrogen and oxygen atoms in total. The monoisotopic (exact) mass is 273 g/mol. The quantitative estimate of drug-likeness (QED) is 0.871. The number of anilines is 1. The summed E-state index contributed by atoms with van der Waals surface area (Å²) in [4.78, 5) is 12.0. The van der Waals surface area contributed by atoms with Crippen LogP contribution in [-0.4, -0.2) is 12.0 Å². The van der Waals surface area contributed by atoms with E-state index in [1.54, 1.807) is 12.1 Å². The minimum absolute atomic E-state index is 0.119. The molecule has 1 saturated heterocycles. The summed E-state index contributed by atoms with van der Waals surface area (Å²) >= 11 is 5.82. The van der Waals surface area contributed by atoms with Gasteiger partial charge >= 0.3 is 0 Å². The number of benzene rings is 2. The summed E-state index contributed by atoms with van der Waals surface area (Å²) in [6, 6.07) is 16.7. The number of carbonyl (C=O) groups excluding carboxylic acids is 1. The summed E-state index contributed by atoms with van der Waals surface area (Å²) in [5.41, 5.74) is 1.75. The lowest BCUT2D eigenvalue weighted by molar-refractivity contribution is -0.117. The number of epoxide rings is 1. The number of para-hydroxylation sites is 1. The first-order chi connectivity index (χ1) is 9.24. The summed E-state index contributed by atoms with van der Waals surface area (Å²) in [5.74, 6) is -0.119. The van der Waals surface area contributed by atoms with Crippen molar-refractivity contribution >= 4 is 23.2 Å². The van der Waals surface area contributed by atoms with Gasteiger partial charge in [0, 0.05) is 10.7 Å². The lowest BCUT2D eigenvalue weighted by atomic mass is 10.1. The van der Waals surface area contributed by atoms with Gasteiger partial charge in [0.1, 0.15) is 6.10 Å². The number of nitrogens with one attached hydrogen (secondary N) is 1. The predicted molar refractivity (Wildman–Crippen MR) is 74.1 cm³/mol. The van der Waals surface area contributed by atoms with Crippen LogP contribution >= 0.6 is 11.6 Å². The normalized spacial score (nSPS) is 20.9. The summed E-state index contributed by atoms with van der Waals surface area (Å²) in [6.07, 6.45) is -0.581. The maximum Gasteiger partial charge on any atom is 0.256 e. The average molecular weight is 274 g/mol. The SMILES string of the molecule is O=C(Nc1ccccc1)[C@@H]1O[C@H]1c1ccc(Cl)cc1. The molecule has 0 spiro atoms. The minimum Gasteiger partial charge on any atom is -0.354 e. The van der Waals surface area contributed by atoms with Crippen LogP contribution in [0.25, 0.3) is 0 Å². The van der Waals surface area contributed by atoms with Crippen molar-refractivity contribution < 1.29 is 9.53 Å². The van der Waals surface area contributed by atoms with Crippen molar-refractivity contribution in [1.82, 2.24) is 0 Å². The third-order valence-electron chi connectivity index (χ3n) is 2.99. The van der Waals surface area contributed by atoms with Gasteiger partial charge < -0.3 is 10.1 Å². The van der Waals surface area contributed by atoms with Crippen LogP contribution in [0, 0.1) is 0 Å². The highest BCUT2D eigenvalue weighted by molar-refractivity contribution is 6.30. The highest BCUT2D eigenvalue weighted by Gasteiger charge is 2.46. The Morgan fingerprint density at radius 1 is 1.05 bits per heavy atom. The molecule has 4 heteroatoms. The fraction of sp³-hybridized carbons (Fsp3) is 0.133. The summed E-state index contributed by atoms with van der Waals surface area (Å²) in [5, 5.41) is 3.50. The Labute approximate surface area is 116 Å². The van der Waals surface area contributed by atoms with E-state index in [2.05, 4.69) is 5.32 Å². The summed E-state index contributed by atoms with van der Waals surface area (Å²) < 4.78 is 5.42. The Balaban J connectivity index is 1.63. The van der Waals surface area contributed by atoms with E-state index < -0.39 is 6.10 Å². The molecule has 1 fully saturated rings. The van der Waals surface area contributed by atoms with Crippen LogP contribution < -0.4 is 5.32 Å². The third-order valence-corrected chi connectivity index (χ3v) is 3.24. The molecular weight excluding hydrogens is 262 g/mol. The molecule has 1 aliphatic rings. The second-order valence-electron chi connectivity index (χ2n) is 4.38. The maximum absolute atomic E-state index is 12.0. The lowest BCUT2D eigenvalue weighted by Crippen LogP contribution is -2.18. The van der Waals surface area contributed by atoms with E-state index in [-0.39, 0.29) is 12.0 Å². The molecule has 0 bridgehead atoms. The number of rotatable bonds is 3. The van der Waals surface area contributed by atoms with Crippen molar-refractivity contribution in [2.24, 2.45) is 0 Å². The van der Waals surface area contributed by atoms with Crippen molar-refractivity contribution in [1.29, 1.82) is 0 Å². The molecule has 1 aliphatic heterocycles. The predicted octanol–water partition coefficient (Wildman–Crippen LogP) is 3.42. The van der Waals surface area contributed by atoms with Gasteiger partial charge in [0.2, 0.25) is 0 Å². The highest BCUT2D eigenvalue weighted by atomic mass is 35.5. The molecule has 0 aliphatic carbocycles. The molecule has 0 radical (unpaired) electrons. The zero-order chi connectivity index (χ0) is 13.2. The van der Waals surface area contributed by atoms with E-state index in [1.165, 1.54) is 0 Å². The van der Waals surface area contributed by atoms with Crippen molar-refractivity contribution in [2.45, 2.75) is 12.2 Å². The first kappa shape index (κ1) is 12.2. The first-order valence-corrected chi connectivity index (χ1v) is 6.39. The minimum atomic E-state index is -0.415. The average Bonchev–Trinajstić information content (AvgIpc) is 3.21. The molecule has 1 heterocycles. The van der Waals surface area contributed by atoms with E-state index in [0.717, 1.165) is 11.3 Å². The Morgan fingerprint density at radius 2 is 1.74 bits per heavy atom. The van der Waals surface area contributed by atoms with Crippen LogP contribution in [0.15, 0.2) is 54.6 Å². The van der Waals surface area contributed by atoms with Gasteiger partial charge in [0.25, 0.3) is 5.91 Å². The molecule has 2 aromatic carbocycles. The Kier molecular flexibility index (Phi) is 3.23. The zero-order valence-corrected chi connectivity index (χ0v) is 10.8. The van der Waals surface area contributed by atoms with Crippen LogP contribution in [-0.2, 0) is 9.53 Å². The molecule has 2 aromatic rings. The van der Waals surface area contributed by atoms with E-state index in [9.17, 15) is 4.79 Å². The Morgan fingerprint density at radius 3 is 2.42 bits per heavy atom. The molecule has 0 aromatic heterocycles. The van der Waals surface area contributed by atoms with Gasteiger partial charge in [-0.3, -0.25) is 4.79 Å². The van der Waals surface area contributed by atoms with E-state index in [0.29, 0.717) is 5.02 Å². The lowest BCUT2D eigenvalue weighted by Gasteiger charge is -2.02. The molecule has 19 heavy (non-hydrogen) atoms. The van der Waals surface area contributed by atoms with Crippen molar-refractivity contribution in [3.63, 3.8) is 0 Å².